The lowest BCUT2D eigenvalue weighted by molar-refractivity contribution is -0.384. The van der Waals surface area contributed by atoms with Gasteiger partial charge in [0, 0.05) is 31.3 Å². The summed E-state index contributed by atoms with van der Waals surface area (Å²) >= 11 is 0. The minimum absolute atomic E-state index is 0.0276. The summed E-state index contributed by atoms with van der Waals surface area (Å²) in [6.07, 6.45) is 0. The number of nitrogens with one attached hydrogen (secondary N) is 2. The molecule has 0 spiro atoms. The number of fused-ring (bicyclic) bond motifs is 2. The van der Waals surface area contributed by atoms with E-state index in [1.165, 1.54) is 12.1 Å². The Labute approximate surface area is 108 Å². The molecule has 2 aliphatic rings. The van der Waals surface area contributed by atoms with Gasteiger partial charge in [0.15, 0.2) is 5.58 Å². The van der Waals surface area contributed by atoms with Crippen LogP contribution in [0, 0.1) is 22.0 Å². The van der Waals surface area contributed by atoms with Crippen molar-refractivity contribution in [2.75, 3.05) is 18.4 Å². The second kappa shape index (κ2) is 3.67. The molecule has 2 fully saturated rings. The predicted molar refractivity (Wildman–Crippen MR) is 67.9 cm³/mol. The average Bonchev–Trinajstić information content (AvgIpc) is 2.82. The van der Waals surface area contributed by atoms with Crippen LogP contribution in [0.4, 0.5) is 11.7 Å². The molecule has 19 heavy (non-hydrogen) atoms. The number of aromatic nitrogens is 1. The van der Waals surface area contributed by atoms with Crippen molar-refractivity contribution in [1.29, 1.82) is 0 Å². The van der Waals surface area contributed by atoms with Crippen molar-refractivity contribution >= 4 is 22.8 Å². The van der Waals surface area contributed by atoms with Gasteiger partial charge in [0.2, 0.25) is 0 Å². The predicted octanol–water partition coefficient (Wildman–Crippen LogP) is 1.37. The van der Waals surface area contributed by atoms with Crippen LogP contribution < -0.4 is 10.6 Å². The number of piperidine rings is 1. The quantitative estimate of drug-likeness (QED) is 0.639. The van der Waals surface area contributed by atoms with Crippen LogP contribution in [-0.2, 0) is 0 Å². The number of nitro groups is 1. The first-order valence-corrected chi connectivity index (χ1v) is 6.24. The number of nitro benzene ring substituents is 1. The first-order chi connectivity index (χ1) is 9.22. The van der Waals surface area contributed by atoms with E-state index in [1.54, 1.807) is 6.07 Å². The number of oxazole rings is 1. The Hall–Kier alpha value is -2.15. The van der Waals surface area contributed by atoms with Crippen LogP contribution in [0.3, 0.4) is 0 Å². The molecule has 0 amide bonds. The maximum atomic E-state index is 10.7. The first-order valence-electron chi connectivity index (χ1n) is 6.24. The lowest BCUT2D eigenvalue weighted by atomic mass is 10.3. The fourth-order valence-electron chi connectivity index (χ4n) is 2.87. The Morgan fingerprint density at radius 3 is 2.95 bits per heavy atom. The van der Waals surface area contributed by atoms with Gasteiger partial charge in [-0.1, -0.05) is 0 Å². The van der Waals surface area contributed by atoms with E-state index in [0.717, 1.165) is 13.1 Å². The van der Waals surface area contributed by atoms with Gasteiger partial charge in [-0.2, -0.15) is 4.98 Å². The molecular weight excluding hydrogens is 248 g/mol. The number of hydrogen-bond acceptors (Lipinski definition) is 6. The molecule has 7 heteroatoms. The van der Waals surface area contributed by atoms with E-state index in [2.05, 4.69) is 15.6 Å². The highest BCUT2D eigenvalue weighted by molar-refractivity contribution is 5.77. The zero-order valence-corrected chi connectivity index (χ0v) is 10.00. The fourth-order valence-corrected chi connectivity index (χ4v) is 2.87. The molecule has 1 aromatic carbocycles. The summed E-state index contributed by atoms with van der Waals surface area (Å²) in [5.74, 6) is 1.31. The van der Waals surface area contributed by atoms with Gasteiger partial charge < -0.3 is 15.1 Å². The smallest absolute Gasteiger partial charge is 0.295 e. The van der Waals surface area contributed by atoms with Crippen molar-refractivity contribution in [1.82, 2.24) is 10.3 Å². The molecule has 98 valence electrons. The molecule has 2 N–H and O–H groups in total. The second-order valence-corrected chi connectivity index (χ2v) is 5.08. The van der Waals surface area contributed by atoms with Crippen LogP contribution in [0.1, 0.15) is 0 Å². The number of anilines is 1. The first kappa shape index (κ1) is 10.7. The summed E-state index contributed by atoms with van der Waals surface area (Å²) in [5.41, 5.74) is 1.11. The Morgan fingerprint density at radius 1 is 1.42 bits per heavy atom. The Kier molecular flexibility index (Phi) is 2.08. The molecule has 1 aliphatic heterocycles. The maximum Gasteiger partial charge on any atom is 0.295 e. The Morgan fingerprint density at radius 2 is 2.21 bits per heavy atom. The molecule has 2 aromatic rings. The summed E-state index contributed by atoms with van der Waals surface area (Å²) in [7, 11) is 0. The van der Waals surface area contributed by atoms with Gasteiger partial charge in [0.25, 0.3) is 11.7 Å². The van der Waals surface area contributed by atoms with Gasteiger partial charge in [0.1, 0.15) is 5.52 Å². The number of nitrogens with zero attached hydrogens (tertiary/aromatic N) is 2. The third-order valence-electron chi connectivity index (χ3n) is 3.96. The lowest BCUT2D eigenvalue weighted by Gasteiger charge is -2.03. The molecule has 1 saturated heterocycles. The number of non-ortho nitro benzene ring substituents is 1. The van der Waals surface area contributed by atoms with Gasteiger partial charge in [-0.3, -0.25) is 10.1 Å². The summed E-state index contributed by atoms with van der Waals surface area (Å²) in [6, 6.07) is 5.31. The lowest BCUT2D eigenvalue weighted by Crippen LogP contribution is -2.21. The zero-order chi connectivity index (χ0) is 13.0. The van der Waals surface area contributed by atoms with Gasteiger partial charge in [0.05, 0.1) is 4.92 Å². The third-order valence-corrected chi connectivity index (χ3v) is 3.96. The maximum absolute atomic E-state index is 10.7. The average molecular weight is 260 g/mol. The summed E-state index contributed by atoms with van der Waals surface area (Å²) in [5, 5.41) is 17.3. The van der Waals surface area contributed by atoms with Crippen LogP contribution in [0.15, 0.2) is 22.6 Å². The molecule has 2 heterocycles. The molecule has 2 atom stereocenters. The van der Waals surface area contributed by atoms with E-state index in [1.807, 2.05) is 0 Å². The van der Waals surface area contributed by atoms with Crippen molar-refractivity contribution in [3.63, 3.8) is 0 Å². The van der Waals surface area contributed by atoms with Gasteiger partial charge in [-0.25, -0.2) is 0 Å². The minimum atomic E-state index is -0.432. The summed E-state index contributed by atoms with van der Waals surface area (Å²) in [6.45, 7) is 2.07. The molecule has 1 saturated carbocycles. The molecule has 0 bridgehead atoms. The molecule has 1 aliphatic carbocycles. The van der Waals surface area contributed by atoms with Crippen LogP contribution in [0.25, 0.3) is 11.1 Å². The Bertz CT molecular complexity index is 658. The van der Waals surface area contributed by atoms with Crippen molar-refractivity contribution in [3.05, 3.63) is 28.3 Å². The van der Waals surface area contributed by atoms with E-state index >= 15 is 0 Å². The van der Waals surface area contributed by atoms with Crippen molar-refractivity contribution in [2.45, 2.75) is 6.04 Å². The molecule has 0 radical (unpaired) electrons. The monoisotopic (exact) mass is 260 g/mol. The molecule has 1 aromatic heterocycles. The molecular formula is C12H12N4O3. The highest BCUT2D eigenvalue weighted by Crippen LogP contribution is 2.43. The van der Waals surface area contributed by atoms with E-state index in [9.17, 15) is 10.1 Å². The normalized spacial score (nSPS) is 28.3. The van der Waals surface area contributed by atoms with Crippen LogP contribution in [0.5, 0.6) is 0 Å². The largest absolute Gasteiger partial charge is 0.424 e. The van der Waals surface area contributed by atoms with Crippen LogP contribution >= 0.6 is 0 Å². The third kappa shape index (κ3) is 1.66. The minimum Gasteiger partial charge on any atom is -0.424 e. The van der Waals surface area contributed by atoms with Gasteiger partial charge in [-0.05, 0) is 17.9 Å². The molecule has 7 nitrogen and oxygen atoms in total. The van der Waals surface area contributed by atoms with Gasteiger partial charge in [-0.15, -0.1) is 0 Å². The number of benzene rings is 1. The molecule has 2 unspecified atom stereocenters. The number of hydrogen-bond donors (Lipinski definition) is 2. The van der Waals surface area contributed by atoms with E-state index < -0.39 is 4.92 Å². The zero-order valence-electron chi connectivity index (χ0n) is 10.00. The fraction of sp³-hybridized carbons (Fsp3) is 0.417. The topological polar surface area (TPSA) is 93.2 Å². The number of rotatable bonds is 3. The second-order valence-electron chi connectivity index (χ2n) is 5.08. The molecule has 4 rings (SSSR count). The van der Waals surface area contributed by atoms with Crippen molar-refractivity contribution < 1.29 is 9.34 Å². The van der Waals surface area contributed by atoms with Gasteiger partial charge >= 0.3 is 0 Å². The van der Waals surface area contributed by atoms with Crippen molar-refractivity contribution in [3.8, 4) is 0 Å². The van der Waals surface area contributed by atoms with Crippen LogP contribution in [-0.4, -0.2) is 29.0 Å². The van der Waals surface area contributed by atoms with E-state index in [0.29, 0.717) is 35.0 Å². The van der Waals surface area contributed by atoms with Crippen molar-refractivity contribution in [2.24, 2.45) is 11.8 Å². The van der Waals surface area contributed by atoms with Crippen LogP contribution in [0.2, 0.25) is 0 Å². The standard InChI is InChI=1S/C12H12N4O3/c17-16(18)6-1-2-10-9(3-6)14-12(19-10)15-11-7-4-13-5-8(7)11/h1-3,7-8,11,13H,4-5H2,(H,14,15). The Balaban J connectivity index is 1.59. The van der Waals surface area contributed by atoms with E-state index in [4.69, 9.17) is 4.42 Å². The van der Waals surface area contributed by atoms with E-state index in [-0.39, 0.29) is 5.69 Å². The highest BCUT2D eigenvalue weighted by Gasteiger charge is 2.53. The SMILES string of the molecule is O=[N+]([O-])c1ccc2oc(NC3C4CNCC43)nc2c1. The summed E-state index contributed by atoms with van der Waals surface area (Å²) < 4.78 is 5.55. The highest BCUT2D eigenvalue weighted by atomic mass is 16.6. The summed E-state index contributed by atoms with van der Waals surface area (Å²) in [4.78, 5) is 14.5.